The second-order valence-electron chi connectivity index (χ2n) is 5.85. The van der Waals surface area contributed by atoms with Gasteiger partial charge in [-0.2, -0.15) is 0 Å². The van der Waals surface area contributed by atoms with Gasteiger partial charge in [-0.3, -0.25) is 15.6 Å². The van der Waals surface area contributed by atoms with Crippen LogP contribution in [0.1, 0.15) is 25.6 Å². The molecule has 0 saturated heterocycles. The molecule has 0 aliphatic carbocycles. The van der Waals surface area contributed by atoms with E-state index in [9.17, 15) is 9.59 Å². The predicted molar refractivity (Wildman–Crippen MR) is 116 cm³/mol. The summed E-state index contributed by atoms with van der Waals surface area (Å²) in [6.07, 6.45) is 0. The van der Waals surface area contributed by atoms with Crippen LogP contribution in [-0.2, 0) is 4.74 Å². The van der Waals surface area contributed by atoms with E-state index in [1.165, 1.54) is 18.4 Å². The first-order chi connectivity index (χ1) is 13.4. The molecule has 3 N–H and O–H groups in total. The Morgan fingerprint density at radius 1 is 1.11 bits per heavy atom. The van der Waals surface area contributed by atoms with Gasteiger partial charge < -0.3 is 10.1 Å². The summed E-state index contributed by atoms with van der Waals surface area (Å²) in [5.41, 5.74) is 7.47. The van der Waals surface area contributed by atoms with Crippen LogP contribution < -0.4 is 16.2 Å². The number of nitrogens with one attached hydrogen (secondary N) is 3. The minimum Gasteiger partial charge on any atom is -0.465 e. The zero-order valence-corrected chi connectivity index (χ0v) is 17.3. The number of fused-ring (bicyclic) bond motifs is 1. The smallest absolute Gasteiger partial charge is 0.349 e. The zero-order chi connectivity index (χ0) is 20.3. The van der Waals surface area contributed by atoms with Gasteiger partial charge in [-0.15, -0.1) is 11.3 Å². The lowest BCUT2D eigenvalue weighted by Crippen LogP contribution is -2.43. The van der Waals surface area contributed by atoms with Crippen molar-refractivity contribution in [1.29, 1.82) is 0 Å². The van der Waals surface area contributed by atoms with Crippen LogP contribution in [0.15, 0.2) is 42.5 Å². The van der Waals surface area contributed by atoms with E-state index in [1.54, 1.807) is 24.3 Å². The molecule has 28 heavy (non-hydrogen) atoms. The number of hydrogen-bond donors (Lipinski definition) is 3. The average molecular weight is 434 g/mol. The maximum Gasteiger partial charge on any atom is 0.349 e. The van der Waals surface area contributed by atoms with Crippen LogP contribution in [0.3, 0.4) is 0 Å². The number of rotatable bonds is 3. The van der Waals surface area contributed by atoms with E-state index in [4.69, 9.17) is 28.6 Å². The number of amides is 1. The van der Waals surface area contributed by atoms with Gasteiger partial charge in [0.2, 0.25) is 0 Å². The fourth-order valence-electron chi connectivity index (χ4n) is 2.42. The topological polar surface area (TPSA) is 79.5 Å². The summed E-state index contributed by atoms with van der Waals surface area (Å²) >= 11 is 12.7. The minimum absolute atomic E-state index is 0.218. The zero-order valence-electron chi connectivity index (χ0n) is 15.0. The largest absolute Gasteiger partial charge is 0.465 e. The molecule has 0 atom stereocenters. The number of thiophene rings is 1. The lowest BCUT2D eigenvalue weighted by molar-refractivity contribution is 0.0606. The Morgan fingerprint density at radius 2 is 1.82 bits per heavy atom. The third kappa shape index (κ3) is 4.41. The van der Waals surface area contributed by atoms with Crippen molar-refractivity contribution in [2.75, 3.05) is 12.4 Å². The molecule has 144 valence electrons. The highest BCUT2D eigenvalue weighted by Crippen LogP contribution is 2.37. The normalized spacial score (nSPS) is 10.4. The summed E-state index contributed by atoms with van der Waals surface area (Å²) in [6.45, 7) is 1.95. The number of thiocarbonyl (C=S) groups is 1. The Labute approximate surface area is 175 Å². The van der Waals surface area contributed by atoms with Crippen molar-refractivity contribution >= 4 is 67.9 Å². The second-order valence-corrected chi connectivity index (χ2v) is 7.69. The fourth-order valence-corrected chi connectivity index (χ4v) is 4.05. The third-order valence-corrected chi connectivity index (χ3v) is 5.70. The van der Waals surface area contributed by atoms with Crippen molar-refractivity contribution in [3.63, 3.8) is 0 Å². The number of anilines is 1. The van der Waals surface area contributed by atoms with Gasteiger partial charge in [0.05, 0.1) is 12.1 Å². The summed E-state index contributed by atoms with van der Waals surface area (Å²) in [5, 5.41) is 4.31. The molecule has 3 rings (SSSR count). The van der Waals surface area contributed by atoms with Crippen LogP contribution in [-0.4, -0.2) is 24.1 Å². The van der Waals surface area contributed by atoms with Gasteiger partial charge in [-0.25, -0.2) is 4.79 Å². The standard InChI is InChI=1S/C19H16ClN3O3S2/c1-10-3-5-11(6-4-10)17(24)22-23-19(27)21-12-7-8-13-14(9-12)28-16(15(13)20)18(25)26-2/h3-9H,1-2H3,(H,22,24)(H2,21,23,27). The summed E-state index contributed by atoms with van der Waals surface area (Å²) < 4.78 is 5.55. The van der Waals surface area contributed by atoms with E-state index in [-0.39, 0.29) is 11.0 Å². The number of carbonyl (C=O) groups is 2. The van der Waals surface area contributed by atoms with Crippen molar-refractivity contribution in [3.05, 3.63) is 63.5 Å². The summed E-state index contributed by atoms with van der Waals surface area (Å²) in [7, 11) is 1.31. The van der Waals surface area contributed by atoms with Crippen molar-refractivity contribution in [2.45, 2.75) is 6.92 Å². The first-order valence-corrected chi connectivity index (χ1v) is 9.73. The fraction of sp³-hybridized carbons (Fsp3) is 0.105. The van der Waals surface area contributed by atoms with Crippen LogP contribution in [0.25, 0.3) is 10.1 Å². The number of hydrogen-bond acceptors (Lipinski definition) is 5. The molecule has 6 nitrogen and oxygen atoms in total. The van der Waals surface area contributed by atoms with Crippen LogP contribution in [0.2, 0.25) is 5.02 Å². The molecule has 3 aromatic rings. The molecule has 1 heterocycles. The molecule has 0 aliphatic rings. The molecule has 9 heteroatoms. The van der Waals surface area contributed by atoms with E-state index in [0.29, 0.717) is 21.2 Å². The maximum absolute atomic E-state index is 12.1. The van der Waals surface area contributed by atoms with Gasteiger partial charge in [0.1, 0.15) is 4.88 Å². The van der Waals surface area contributed by atoms with Gasteiger partial charge in [-0.05, 0) is 49.5 Å². The minimum atomic E-state index is -0.475. The van der Waals surface area contributed by atoms with E-state index >= 15 is 0 Å². The summed E-state index contributed by atoms with van der Waals surface area (Å²) in [6, 6.07) is 12.6. The number of carbonyl (C=O) groups excluding carboxylic acids is 2. The molecular formula is C19H16ClN3O3S2. The molecular weight excluding hydrogens is 418 g/mol. The highest BCUT2D eigenvalue weighted by molar-refractivity contribution is 7.80. The molecule has 1 aromatic heterocycles. The molecule has 2 aromatic carbocycles. The molecule has 0 radical (unpaired) electrons. The second kappa shape index (κ2) is 8.55. The molecule has 0 fully saturated rings. The molecule has 0 spiro atoms. The number of aryl methyl sites for hydroxylation is 1. The number of benzene rings is 2. The van der Waals surface area contributed by atoms with Crippen LogP contribution >= 0.6 is 35.2 Å². The van der Waals surface area contributed by atoms with Gasteiger partial charge in [0.25, 0.3) is 5.91 Å². The monoisotopic (exact) mass is 433 g/mol. The number of halogens is 1. The van der Waals surface area contributed by atoms with Crippen molar-refractivity contribution in [1.82, 2.24) is 10.9 Å². The molecule has 1 amide bonds. The van der Waals surface area contributed by atoms with Crippen molar-refractivity contribution in [2.24, 2.45) is 0 Å². The van der Waals surface area contributed by atoms with Crippen molar-refractivity contribution < 1.29 is 14.3 Å². The highest BCUT2D eigenvalue weighted by Gasteiger charge is 2.17. The molecule has 0 aliphatic heterocycles. The third-order valence-electron chi connectivity index (χ3n) is 3.86. The summed E-state index contributed by atoms with van der Waals surface area (Å²) in [5.74, 6) is -0.774. The Bertz CT molecular complexity index is 1060. The Kier molecular flexibility index (Phi) is 6.13. The number of ether oxygens (including phenoxy) is 1. The van der Waals surface area contributed by atoms with Crippen molar-refractivity contribution in [3.8, 4) is 0 Å². The van der Waals surface area contributed by atoms with Crippen LogP contribution in [0.4, 0.5) is 5.69 Å². The Morgan fingerprint density at radius 3 is 2.50 bits per heavy atom. The number of methoxy groups -OCH3 is 1. The van der Waals surface area contributed by atoms with E-state index in [0.717, 1.165) is 15.6 Å². The Hall–Kier alpha value is -2.68. The lowest BCUT2D eigenvalue weighted by Gasteiger charge is -2.12. The number of esters is 1. The SMILES string of the molecule is COC(=O)c1sc2cc(NC(=S)NNC(=O)c3ccc(C)cc3)ccc2c1Cl. The quantitative estimate of drug-likeness (QED) is 0.325. The summed E-state index contributed by atoms with van der Waals surface area (Å²) in [4.78, 5) is 24.2. The Balaban J connectivity index is 1.65. The van der Waals surface area contributed by atoms with Crippen LogP contribution in [0.5, 0.6) is 0 Å². The number of hydrazine groups is 1. The van der Waals surface area contributed by atoms with E-state index in [1.807, 2.05) is 25.1 Å². The maximum atomic E-state index is 12.1. The average Bonchev–Trinajstić information content (AvgIpc) is 3.02. The van der Waals surface area contributed by atoms with Gasteiger partial charge in [0.15, 0.2) is 5.11 Å². The molecule has 0 saturated carbocycles. The van der Waals surface area contributed by atoms with Crippen LogP contribution in [0, 0.1) is 6.92 Å². The highest BCUT2D eigenvalue weighted by atomic mass is 35.5. The van der Waals surface area contributed by atoms with E-state index < -0.39 is 5.97 Å². The first-order valence-electron chi connectivity index (χ1n) is 8.13. The van der Waals surface area contributed by atoms with Gasteiger partial charge >= 0.3 is 5.97 Å². The lowest BCUT2D eigenvalue weighted by atomic mass is 10.1. The predicted octanol–water partition coefficient (Wildman–Crippen LogP) is 4.28. The van der Waals surface area contributed by atoms with E-state index in [2.05, 4.69) is 16.2 Å². The van der Waals surface area contributed by atoms with Gasteiger partial charge in [-0.1, -0.05) is 29.3 Å². The molecule has 0 unspecified atom stereocenters. The molecule has 0 bridgehead atoms. The first kappa shape index (κ1) is 20.1. The van der Waals surface area contributed by atoms with Gasteiger partial charge in [0, 0.05) is 21.3 Å².